The molecule has 0 saturated carbocycles. The van der Waals surface area contributed by atoms with E-state index < -0.39 is 24.7 Å². The van der Waals surface area contributed by atoms with Gasteiger partial charge < -0.3 is 14.2 Å². The van der Waals surface area contributed by atoms with Crippen LogP contribution in [0.15, 0.2) is 54.6 Å². The van der Waals surface area contributed by atoms with Crippen molar-refractivity contribution in [2.45, 2.75) is 13.0 Å². The molecule has 0 radical (unpaired) electrons. The lowest BCUT2D eigenvalue weighted by molar-refractivity contribution is -0.384. The molecule has 0 aromatic heterocycles. The van der Waals surface area contributed by atoms with Crippen LogP contribution < -0.4 is 14.1 Å². The summed E-state index contributed by atoms with van der Waals surface area (Å²) in [5, 5.41) is 22.0. The first-order chi connectivity index (χ1) is 11.8. The Bertz CT molecular complexity index is 795. The van der Waals surface area contributed by atoms with Crippen LogP contribution in [0.1, 0.15) is 6.92 Å². The van der Waals surface area contributed by atoms with Crippen molar-refractivity contribution in [3.05, 3.63) is 64.7 Å². The van der Waals surface area contributed by atoms with Crippen LogP contribution in [0.25, 0.3) is 0 Å². The number of nitrogens with zero attached hydrogens (tertiary/aromatic N) is 1. The van der Waals surface area contributed by atoms with Crippen LogP contribution in [0, 0.1) is 10.1 Å². The highest BCUT2D eigenvalue weighted by molar-refractivity contribution is 7.52. The molecule has 2 rings (SSSR count). The molecule has 132 valence electrons. The minimum Gasteiger partial charge on any atom is -0.480 e. The zero-order valence-electron chi connectivity index (χ0n) is 13.1. The molecular formula is C15H15N2O7P. The summed E-state index contributed by atoms with van der Waals surface area (Å²) in [5.41, 5.74) is -0.168. The van der Waals surface area contributed by atoms with E-state index in [0.717, 1.165) is 0 Å². The third kappa shape index (κ3) is 5.30. The van der Waals surface area contributed by atoms with E-state index in [9.17, 15) is 19.5 Å². The molecule has 2 aromatic carbocycles. The maximum atomic E-state index is 12.9. The van der Waals surface area contributed by atoms with Crippen LogP contribution in [-0.4, -0.2) is 22.0 Å². The third-order valence-electron chi connectivity index (χ3n) is 2.96. The summed E-state index contributed by atoms with van der Waals surface area (Å²) in [6.45, 7) is 1.28. The number of hydrogen-bond acceptors (Lipinski definition) is 6. The lowest BCUT2D eigenvalue weighted by atomic mass is 10.3. The summed E-state index contributed by atoms with van der Waals surface area (Å²) in [6, 6.07) is 11.7. The minimum atomic E-state index is -4.11. The van der Waals surface area contributed by atoms with Crippen LogP contribution in [-0.2, 0) is 9.36 Å². The number of rotatable bonds is 8. The first-order valence-electron chi connectivity index (χ1n) is 7.08. The fraction of sp³-hybridized carbons (Fsp3) is 0.133. The Kier molecular flexibility index (Phi) is 5.74. The van der Waals surface area contributed by atoms with E-state index in [1.54, 1.807) is 18.2 Å². The average molecular weight is 366 g/mol. The highest BCUT2D eigenvalue weighted by Gasteiger charge is 2.33. The van der Waals surface area contributed by atoms with Gasteiger partial charge in [-0.1, -0.05) is 18.2 Å². The van der Waals surface area contributed by atoms with Crippen molar-refractivity contribution in [3.8, 4) is 11.5 Å². The summed E-state index contributed by atoms with van der Waals surface area (Å²) in [7, 11) is -4.11. The van der Waals surface area contributed by atoms with Crippen molar-refractivity contribution in [1.82, 2.24) is 5.09 Å². The van der Waals surface area contributed by atoms with E-state index in [1.807, 2.05) is 0 Å². The molecule has 0 amide bonds. The number of carboxylic acid groups (broad SMARTS) is 1. The van der Waals surface area contributed by atoms with Gasteiger partial charge in [0.25, 0.3) is 5.69 Å². The van der Waals surface area contributed by atoms with Gasteiger partial charge in [-0.2, -0.15) is 5.09 Å². The Morgan fingerprint density at radius 1 is 1.12 bits per heavy atom. The second-order valence-corrected chi connectivity index (χ2v) is 6.55. The van der Waals surface area contributed by atoms with Gasteiger partial charge in [0.05, 0.1) is 4.92 Å². The van der Waals surface area contributed by atoms with Crippen molar-refractivity contribution in [3.63, 3.8) is 0 Å². The molecule has 9 nitrogen and oxygen atoms in total. The first kappa shape index (κ1) is 18.4. The normalized spacial score (nSPS) is 14.1. The summed E-state index contributed by atoms with van der Waals surface area (Å²) in [6.07, 6.45) is 0. The van der Waals surface area contributed by atoms with E-state index in [-0.39, 0.29) is 17.2 Å². The molecular weight excluding hydrogens is 351 g/mol. The highest BCUT2D eigenvalue weighted by Crippen LogP contribution is 2.45. The van der Waals surface area contributed by atoms with Crippen LogP contribution in [0.4, 0.5) is 5.69 Å². The van der Waals surface area contributed by atoms with Gasteiger partial charge in [0, 0.05) is 12.1 Å². The molecule has 0 unspecified atom stereocenters. The van der Waals surface area contributed by atoms with Gasteiger partial charge in [-0.25, -0.2) is 4.57 Å². The van der Waals surface area contributed by atoms with Gasteiger partial charge in [-0.3, -0.25) is 14.9 Å². The number of carbonyl (C=O) groups is 1. The molecule has 0 spiro atoms. The van der Waals surface area contributed by atoms with Crippen molar-refractivity contribution in [1.29, 1.82) is 0 Å². The quantitative estimate of drug-likeness (QED) is 0.414. The molecule has 25 heavy (non-hydrogen) atoms. The molecule has 0 saturated heterocycles. The molecule has 2 N–H and O–H groups in total. The van der Waals surface area contributed by atoms with Crippen LogP contribution in [0.5, 0.6) is 11.5 Å². The molecule has 10 heteroatoms. The number of carboxylic acids is 1. The summed E-state index contributed by atoms with van der Waals surface area (Å²) < 4.78 is 23.6. The van der Waals surface area contributed by atoms with Gasteiger partial charge in [0.15, 0.2) is 0 Å². The van der Waals surface area contributed by atoms with E-state index in [2.05, 4.69) is 5.09 Å². The molecule has 0 heterocycles. The van der Waals surface area contributed by atoms with Crippen LogP contribution >= 0.6 is 7.75 Å². The predicted octanol–water partition coefficient (Wildman–Crippen LogP) is 3.22. The minimum absolute atomic E-state index is 0.0231. The third-order valence-corrected chi connectivity index (χ3v) is 4.57. The van der Waals surface area contributed by atoms with E-state index in [1.165, 1.54) is 43.3 Å². The maximum absolute atomic E-state index is 12.9. The summed E-state index contributed by atoms with van der Waals surface area (Å²) in [4.78, 5) is 21.1. The zero-order valence-corrected chi connectivity index (χ0v) is 14.0. The largest absolute Gasteiger partial charge is 0.513 e. The number of para-hydroxylation sites is 1. The van der Waals surface area contributed by atoms with Gasteiger partial charge in [0.1, 0.15) is 17.5 Å². The van der Waals surface area contributed by atoms with Gasteiger partial charge >= 0.3 is 13.7 Å². The lowest BCUT2D eigenvalue weighted by Gasteiger charge is -2.22. The summed E-state index contributed by atoms with van der Waals surface area (Å²) >= 11 is 0. The number of benzene rings is 2. The number of non-ortho nitro benzene ring substituents is 1. The Balaban J connectivity index is 2.25. The monoisotopic (exact) mass is 366 g/mol. The standard InChI is InChI=1S/C15H15N2O7P/c1-11(15(18)19)16-25(22,23-13-5-3-2-4-6-13)24-14-9-7-12(8-10-14)17(20)21/h2-11H,1H3,(H,16,22)(H,18,19)/t11-,25-/m0/s1. The fourth-order valence-corrected chi connectivity index (χ4v) is 3.28. The Morgan fingerprint density at radius 3 is 2.12 bits per heavy atom. The molecule has 0 fully saturated rings. The van der Waals surface area contributed by atoms with Crippen molar-refractivity contribution >= 4 is 19.4 Å². The second kappa shape index (κ2) is 7.78. The second-order valence-electron chi connectivity index (χ2n) is 4.93. The zero-order chi connectivity index (χ0) is 18.4. The van der Waals surface area contributed by atoms with Crippen molar-refractivity contribution in [2.75, 3.05) is 0 Å². The number of nitro benzene ring substituents is 1. The number of hydrogen-bond donors (Lipinski definition) is 2. The lowest BCUT2D eigenvalue weighted by Crippen LogP contribution is -2.34. The smallest absolute Gasteiger partial charge is 0.480 e. The maximum Gasteiger partial charge on any atom is 0.513 e. The van der Waals surface area contributed by atoms with Crippen LogP contribution in [0.3, 0.4) is 0 Å². The van der Waals surface area contributed by atoms with Crippen LogP contribution in [0.2, 0.25) is 0 Å². The van der Waals surface area contributed by atoms with Gasteiger partial charge in [-0.15, -0.1) is 0 Å². The Hall–Kier alpha value is -2.90. The Labute approximate surface area is 142 Å². The predicted molar refractivity (Wildman–Crippen MR) is 88.6 cm³/mol. The molecule has 2 aromatic rings. The molecule has 0 aliphatic carbocycles. The van der Waals surface area contributed by atoms with Crippen molar-refractivity contribution in [2.24, 2.45) is 0 Å². The van der Waals surface area contributed by atoms with E-state index in [4.69, 9.17) is 14.2 Å². The SMILES string of the molecule is C[C@H](N[P@](=O)(Oc1ccccc1)Oc1ccc([N+](=O)[O-])cc1)C(=O)O. The van der Waals surface area contributed by atoms with E-state index >= 15 is 0 Å². The van der Waals surface area contributed by atoms with Gasteiger partial charge in [0.2, 0.25) is 0 Å². The molecule has 0 aliphatic rings. The average Bonchev–Trinajstić information content (AvgIpc) is 2.55. The molecule has 0 aliphatic heterocycles. The van der Waals surface area contributed by atoms with Gasteiger partial charge in [-0.05, 0) is 31.2 Å². The number of nitrogens with one attached hydrogen (secondary N) is 1. The number of aliphatic carboxylic acids is 1. The molecule has 2 atom stereocenters. The first-order valence-corrected chi connectivity index (χ1v) is 8.63. The fourth-order valence-electron chi connectivity index (χ4n) is 1.75. The molecule has 0 bridgehead atoms. The summed E-state index contributed by atoms with van der Waals surface area (Å²) in [5.74, 6) is -1.02. The van der Waals surface area contributed by atoms with Crippen molar-refractivity contribution < 1.29 is 28.4 Å². The highest BCUT2D eigenvalue weighted by atomic mass is 31.2. The topological polar surface area (TPSA) is 128 Å². The number of nitro groups is 1. The van der Waals surface area contributed by atoms with E-state index in [0.29, 0.717) is 0 Å². The Morgan fingerprint density at radius 2 is 1.64 bits per heavy atom.